The van der Waals surface area contributed by atoms with Gasteiger partial charge in [-0.1, -0.05) is 54.6 Å². The standard InChI is InChI=1S/C23H24O4/c24-23-19-14-12-18(13-15-19)22-21(17-9-5-4-6-10-17)26-20(27-22)11-7-2-1-3-8-16-25-23/h1-2,4-6,9-10,12-15,20-22H,3,7-8,11,16H2/b2-1-/t20-,21+,22+/m1/s1. The van der Waals surface area contributed by atoms with Gasteiger partial charge in [0.2, 0.25) is 0 Å². The molecule has 0 aromatic heterocycles. The fourth-order valence-corrected chi connectivity index (χ4v) is 3.51. The first-order valence-electron chi connectivity index (χ1n) is 9.59. The number of ether oxygens (including phenoxy) is 3. The van der Waals surface area contributed by atoms with Gasteiger partial charge >= 0.3 is 5.97 Å². The summed E-state index contributed by atoms with van der Waals surface area (Å²) in [6.45, 7) is 0.443. The molecule has 3 atom stereocenters. The summed E-state index contributed by atoms with van der Waals surface area (Å²) >= 11 is 0. The quantitative estimate of drug-likeness (QED) is 0.520. The van der Waals surface area contributed by atoms with Crippen LogP contribution in [0.5, 0.6) is 0 Å². The van der Waals surface area contributed by atoms with Gasteiger partial charge in [0.1, 0.15) is 12.2 Å². The van der Waals surface area contributed by atoms with Crippen LogP contribution in [0.15, 0.2) is 66.7 Å². The average molecular weight is 364 g/mol. The molecule has 4 heteroatoms. The number of carbonyl (C=O) groups is 1. The lowest BCUT2D eigenvalue weighted by Gasteiger charge is -2.17. The van der Waals surface area contributed by atoms with Crippen molar-refractivity contribution >= 4 is 5.97 Å². The summed E-state index contributed by atoms with van der Waals surface area (Å²) in [5.74, 6) is -0.279. The van der Waals surface area contributed by atoms with E-state index in [0.717, 1.165) is 36.8 Å². The number of hydrogen-bond donors (Lipinski definition) is 0. The van der Waals surface area contributed by atoms with E-state index in [4.69, 9.17) is 14.2 Å². The van der Waals surface area contributed by atoms with E-state index in [-0.39, 0.29) is 24.5 Å². The SMILES string of the molecule is O=C1OCCC/C=C\CC[C@@H]2O[C@@H](c3ccccc3)[C@@H](O2)c2ccc1cc2. The van der Waals surface area contributed by atoms with Crippen molar-refractivity contribution in [2.24, 2.45) is 0 Å². The van der Waals surface area contributed by atoms with Gasteiger partial charge in [0.05, 0.1) is 12.2 Å². The molecular formula is C23H24O4. The molecule has 4 bridgehead atoms. The number of rotatable bonds is 1. The van der Waals surface area contributed by atoms with Crippen molar-refractivity contribution in [2.45, 2.75) is 44.2 Å². The maximum absolute atomic E-state index is 12.2. The normalized spacial score (nSPS) is 27.3. The van der Waals surface area contributed by atoms with Gasteiger partial charge < -0.3 is 14.2 Å². The zero-order chi connectivity index (χ0) is 18.5. The summed E-state index contributed by atoms with van der Waals surface area (Å²) in [6.07, 6.45) is 7.15. The van der Waals surface area contributed by atoms with E-state index in [9.17, 15) is 4.79 Å². The number of esters is 1. The molecule has 5 rings (SSSR count). The molecule has 0 saturated carbocycles. The van der Waals surface area contributed by atoms with Crippen molar-refractivity contribution in [1.29, 1.82) is 0 Å². The molecule has 27 heavy (non-hydrogen) atoms. The van der Waals surface area contributed by atoms with Crippen LogP contribution in [-0.4, -0.2) is 18.9 Å². The van der Waals surface area contributed by atoms with Crippen LogP contribution in [0.2, 0.25) is 0 Å². The molecule has 0 N–H and O–H groups in total. The molecule has 3 aliphatic rings. The Kier molecular flexibility index (Phi) is 5.66. The topological polar surface area (TPSA) is 44.8 Å². The second-order valence-corrected chi connectivity index (χ2v) is 6.90. The van der Waals surface area contributed by atoms with Crippen molar-refractivity contribution in [3.63, 3.8) is 0 Å². The number of allylic oxidation sites excluding steroid dienone is 2. The summed E-state index contributed by atoms with van der Waals surface area (Å²) in [5, 5.41) is 0. The second-order valence-electron chi connectivity index (χ2n) is 6.90. The van der Waals surface area contributed by atoms with E-state index in [0.29, 0.717) is 12.2 Å². The largest absolute Gasteiger partial charge is 0.462 e. The highest BCUT2D eigenvalue weighted by Gasteiger charge is 2.37. The first-order valence-corrected chi connectivity index (χ1v) is 9.59. The summed E-state index contributed by atoms with van der Waals surface area (Å²) < 4.78 is 17.9. The van der Waals surface area contributed by atoms with Gasteiger partial charge in [-0.3, -0.25) is 0 Å². The third-order valence-electron chi connectivity index (χ3n) is 4.96. The maximum Gasteiger partial charge on any atom is 0.338 e. The van der Waals surface area contributed by atoms with Crippen LogP contribution in [0, 0.1) is 0 Å². The van der Waals surface area contributed by atoms with Crippen LogP contribution in [0.4, 0.5) is 0 Å². The molecule has 2 aromatic rings. The molecule has 0 aliphatic carbocycles. The van der Waals surface area contributed by atoms with Gasteiger partial charge in [0.25, 0.3) is 0 Å². The minimum atomic E-state index is -0.279. The molecule has 140 valence electrons. The maximum atomic E-state index is 12.2. The summed E-state index contributed by atoms with van der Waals surface area (Å²) in [7, 11) is 0. The Morgan fingerprint density at radius 2 is 1.44 bits per heavy atom. The van der Waals surface area contributed by atoms with Crippen LogP contribution in [-0.2, 0) is 14.2 Å². The molecule has 0 radical (unpaired) electrons. The molecule has 0 unspecified atom stereocenters. The summed E-state index contributed by atoms with van der Waals surface area (Å²) in [4.78, 5) is 12.2. The van der Waals surface area contributed by atoms with Crippen molar-refractivity contribution in [2.75, 3.05) is 6.61 Å². The van der Waals surface area contributed by atoms with Gasteiger partial charge in [0, 0.05) is 6.42 Å². The van der Waals surface area contributed by atoms with Crippen molar-refractivity contribution in [3.8, 4) is 0 Å². The number of fused-ring (bicyclic) bond motifs is 9. The Morgan fingerprint density at radius 3 is 2.19 bits per heavy atom. The lowest BCUT2D eigenvalue weighted by Crippen LogP contribution is -2.09. The predicted octanol–water partition coefficient (Wildman–Crippen LogP) is 5.13. The van der Waals surface area contributed by atoms with E-state index < -0.39 is 0 Å². The average Bonchev–Trinajstić information content (AvgIpc) is 3.14. The molecule has 3 heterocycles. The highest BCUT2D eigenvalue weighted by molar-refractivity contribution is 5.89. The van der Waals surface area contributed by atoms with Gasteiger partial charge in [-0.05, 0) is 42.5 Å². The van der Waals surface area contributed by atoms with Crippen LogP contribution in [0.1, 0.15) is 59.4 Å². The Balaban J connectivity index is 1.63. The molecular weight excluding hydrogens is 340 g/mol. The Morgan fingerprint density at radius 1 is 0.778 bits per heavy atom. The number of hydrogen-bond acceptors (Lipinski definition) is 4. The van der Waals surface area contributed by atoms with E-state index in [1.165, 1.54) is 0 Å². The van der Waals surface area contributed by atoms with Gasteiger partial charge in [0.15, 0.2) is 6.29 Å². The van der Waals surface area contributed by atoms with Crippen molar-refractivity contribution in [1.82, 2.24) is 0 Å². The van der Waals surface area contributed by atoms with Crippen LogP contribution >= 0.6 is 0 Å². The third-order valence-corrected chi connectivity index (χ3v) is 4.96. The fraction of sp³-hybridized carbons (Fsp3) is 0.348. The minimum absolute atomic E-state index is 0.159. The second kappa shape index (κ2) is 8.51. The van der Waals surface area contributed by atoms with E-state index in [1.807, 2.05) is 42.5 Å². The van der Waals surface area contributed by atoms with E-state index in [1.54, 1.807) is 0 Å². The monoisotopic (exact) mass is 364 g/mol. The Bertz CT molecular complexity index is 782. The van der Waals surface area contributed by atoms with Crippen LogP contribution < -0.4 is 0 Å². The highest BCUT2D eigenvalue weighted by Crippen LogP contribution is 2.43. The van der Waals surface area contributed by atoms with Gasteiger partial charge in [-0.2, -0.15) is 0 Å². The van der Waals surface area contributed by atoms with Crippen molar-refractivity contribution in [3.05, 3.63) is 83.4 Å². The zero-order valence-corrected chi connectivity index (χ0v) is 15.3. The first-order chi connectivity index (χ1) is 13.3. The molecule has 1 saturated heterocycles. The first kappa shape index (κ1) is 18.0. The molecule has 2 aromatic carbocycles. The lowest BCUT2D eigenvalue weighted by molar-refractivity contribution is -0.0704. The molecule has 0 spiro atoms. The van der Waals surface area contributed by atoms with Crippen LogP contribution in [0.3, 0.4) is 0 Å². The Hall–Kier alpha value is -2.43. The van der Waals surface area contributed by atoms with E-state index in [2.05, 4.69) is 24.3 Å². The third kappa shape index (κ3) is 4.29. The Labute approximate surface area is 159 Å². The van der Waals surface area contributed by atoms with Gasteiger partial charge in [-0.15, -0.1) is 0 Å². The van der Waals surface area contributed by atoms with Crippen LogP contribution in [0.25, 0.3) is 0 Å². The zero-order valence-electron chi connectivity index (χ0n) is 15.3. The molecule has 0 amide bonds. The number of carbonyl (C=O) groups excluding carboxylic acids is 1. The summed E-state index contributed by atoms with van der Waals surface area (Å²) in [5.41, 5.74) is 2.67. The fourth-order valence-electron chi connectivity index (χ4n) is 3.51. The minimum Gasteiger partial charge on any atom is -0.462 e. The summed E-state index contributed by atoms with van der Waals surface area (Å²) in [6, 6.07) is 17.7. The van der Waals surface area contributed by atoms with Gasteiger partial charge in [-0.25, -0.2) is 4.79 Å². The molecule has 1 fully saturated rings. The highest BCUT2D eigenvalue weighted by atomic mass is 16.7. The van der Waals surface area contributed by atoms with Crippen molar-refractivity contribution < 1.29 is 19.0 Å². The molecule has 4 nitrogen and oxygen atoms in total. The lowest BCUT2D eigenvalue weighted by atomic mass is 9.97. The smallest absolute Gasteiger partial charge is 0.338 e. The molecule has 3 aliphatic heterocycles. The number of benzene rings is 2. The predicted molar refractivity (Wildman–Crippen MR) is 102 cm³/mol. The van der Waals surface area contributed by atoms with E-state index >= 15 is 0 Å².